The van der Waals surface area contributed by atoms with Crippen molar-refractivity contribution >= 4 is 34.8 Å². The van der Waals surface area contributed by atoms with Crippen LogP contribution < -0.4 is 10.6 Å². The number of primary amides is 1. The van der Waals surface area contributed by atoms with Gasteiger partial charge in [-0.3, -0.25) is 9.69 Å². The minimum absolute atomic E-state index is 0.143. The monoisotopic (exact) mass is 330 g/mol. The SMILES string of the molecule is NC(=O)C1CN(c2cc(Cl)cc(Cl)c2)CCN1CCC[O]. The second-order valence-corrected chi connectivity index (χ2v) is 5.96. The van der Waals surface area contributed by atoms with E-state index in [1.807, 2.05) is 21.9 Å². The minimum Gasteiger partial charge on any atom is -0.368 e. The molecule has 5 nitrogen and oxygen atoms in total. The van der Waals surface area contributed by atoms with Crippen LogP contribution in [0.25, 0.3) is 0 Å². The highest BCUT2D eigenvalue weighted by Crippen LogP contribution is 2.27. The van der Waals surface area contributed by atoms with Gasteiger partial charge < -0.3 is 10.6 Å². The van der Waals surface area contributed by atoms with Crippen LogP contribution >= 0.6 is 23.2 Å². The molecule has 1 fully saturated rings. The van der Waals surface area contributed by atoms with E-state index in [0.29, 0.717) is 36.1 Å². The first-order valence-electron chi connectivity index (χ1n) is 6.84. The number of nitrogens with two attached hydrogens (primary N) is 1. The Morgan fingerprint density at radius 2 is 1.90 bits per heavy atom. The van der Waals surface area contributed by atoms with Crippen molar-refractivity contribution in [2.24, 2.45) is 5.73 Å². The van der Waals surface area contributed by atoms with Gasteiger partial charge in [-0.25, -0.2) is 5.11 Å². The van der Waals surface area contributed by atoms with Crippen molar-refractivity contribution in [2.45, 2.75) is 12.5 Å². The van der Waals surface area contributed by atoms with Crippen molar-refractivity contribution in [3.63, 3.8) is 0 Å². The number of amides is 1. The average molecular weight is 331 g/mol. The van der Waals surface area contributed by atoms with Crippen LogP contribution in [-0.2, 0) is 9.90 Å². The maximum atomic E-state index is 11.7. The summed E-state index contributed by atoms with van der Waals surface area (Å²) in [5.41, 5.74) is 6.37. The molecule has 0 spiro atoms. The Bertz CT molecular complexity index is 493. The van der Waals surface area contributed by atoms with Gasteiger partial charge in [0.2, 0.25) is 5.91 Å². The van der Waals surface area contributed by atoms with Gasteiger partial charge in [-0.2, -0.15) is 0 Å². The summed E-state index contributed by atoms with van der Waals surface area (Å²) >= 11 is 12.0. The zero-order chi connectivity index (χ0) is 15.4. The summed E-state index contributed by atoms with van der Waals surface area (Å²) in [6.45, 7) is 2.35. The number of carbonyl (C=O) groups excluding carboxylic acids is 1. The predicted molar refractivity (Wildman–Crippen MR) is 83.4 cm³/mol. The highest BCUT2D eigenvalue weighted by atomic mass is 35.5. The number of nitrogens with zero attached hydrogens (tertiary/aromatic N) is 2. The Morgan fingerprint density at radius 3 is 2.48 bits per heavy atom. The van der Waals surface area contributed by atoms with Crippen LogP contribution in [0.5, 0.6) is 0 Å². The molecule has 1 aromatic carbocycles. The van der Waals surface area contributed by atoms with Crippen molar-refractivity contribution in [3.8, 4) is 0 Å². The molecule has 7 heteroatoms. The number of hydrogen-bond acceptors (Lipinski definition) is 3. The maximum absolute atomic E-state index is 11.7. The third-order valence-electron chi connectivity index (χ3n) is 3.62. The molecular formula is C14H18Cl2N3O2. The molecule has 1 aromatic rings. The highest BCUT2D eigenvalue weighted by molar-refractivity contribution is 6.35. The molecule has 0 aliphatic carbocycles. The Kier molecular flexibility index (Phi) is 5.70. The second-order valence-electron chi connectivity index (χ2n) is 5.09. The number of hydrogen-bond donors (Lipinski definition) is 1. The molecule has 2 N–H and O–H groups in total. The van der Waals surface area contributed by atoms with Crippen LogP contribution in [0.4, 0.5) is 5.69 Å². The Balaban J connectivity index is 2.12. The number of halogens is 2. The lowest BCUT2D eigenvalue weighted by atomic mass is 10.1. The first-order chi connectivity index (χ1) is 10.0. The Labute approximate surface area is 134 Å². The van der Waals surface area contributed by atoms with E-state index in [0.717, 1.165) is 12.2 Å². The fourth-order valence-corrected chi connectivity index (χ4v) is 3.10. The largest absolute Gasteiger partial charge is 0.368 e. The van der Waals surface area contributed by atoms with Crippen molar-refractivity contribution in [2.75, 3.05) is 37.7 Å². The molecule has 115 valence electrons. The van der Waals surface area contributed by atoms with E-state index in [1.54, 1.807) is 6.07 Å². The van der Waals surface area contributed by atoms with Crippen LogP contribution in [0, 0.1) is 0 Å². The molecule has 0 saturated carbocycles. The first-order valence-corrected chi connectivity index (χ1v) is 7.59. The predicted octanol–water partition coefficient (Wildman–Crippen LogP) is 1.79. The van der Waals surface area contributed by atoms with E-state index in [1.165, 1.54) is 0 Å². The summed E-state index contributed by atoms with van der Waals surface area (Å²) in [6, 6.07) is 4.91. The molecule has 21 heavy (non-hydrogen) atoms. The van der Waals surface area contributed by atoms with Gasteiger partial charge in [-0.05, 0) is 24.6 Å². The number of rotatable bonds is 5. The van der Waals surface area contributed by atoms with E-state index in [-0.39, 0.29) is 12.5 Å². The quantitative estimate of drug-likeness (QED) is 0.894. The van der Waals surface area contributed by atoms with Crippen LogP contribution in [0.3, 0.4) is 0 Å². The molecule has 0 aromatic heterocycles. The minimum atomic E-state index is -0.400. The third kappa shape index (κ3) is 4.23. The zero-order valence-corrected chi connectivity index (χ0v) is 13.1. The molecule has 1 unspecified atom stereocenters. The van der Waals surface area contributed by atoms with Gasteiger partial charge in [0.15, 0.2) is 0 Å². The highest BCUT2D eigenvalue weighted by Gasteiger charge is 2.30. The molecule has 1 heterocycles. The molecular weight excluding hydrogens is 313 g/mol. The number of piperazine rings is 1. The van der Waals surface area contributed by atoms with Crippen LogP contribution in [-0.4, -0.2) is 49.6 Å². The summed E-state index contributed by atoms with van der Waals surface area (Å²) < 4.78 is 0. The van der Waals surface area contributed by atoms with Crippen LogP contribution in [0.1, 0.15) is 6.42 Å². The molecule has 1 aliphatic rings. The summed E-state index contributed by atoms with van der Waals surface area (Å²) in [6.07, 6.45) is 0.521. The average Bonchev–Trinajstić information content (AvgIpc) is 2.43. The summed E-state index contributed by atoms with van der Waals surface area (Å²) in [4.78, 5) is 15.7. The standard InChI is InChI=1S/C14H18Cl2N3O2/c15-10-6-11(16)8-12(7-10)19-4-3-18(2-1-5-20)13(9-19)14(17)21/h6-8,13H,1-5,9H2,(H2,17,21). The number of carbonyl (C=O) groups is 1. The van der Waals surface area contributed by atoms with Gasteiger partial charge in [0.25, 0.3) is 0 Å². The van der Waals surface area contributed by atoms with Crippen molar-refractivity contribution in [3.05, 3.63) is 28.2 Å². The lowest BCUT2D eigenvalue weighted by Crippen LogP contribution is -2.58. The van der Waals surface area contributed by atoms with E-state index >= 15 is 0 Å². The van der Waals surface area contributed by atoms with Gasteiger partial charge in [0.05, 0.1) is 6.61 Å². The number of anilines is 1. The summed E-state index contributed by atoms with van der Waals surface area (Å²) in [5.74, 6) is -0.376. The van der Waals surface area contributed by atoms with Gasteiger partial charge in [-0.15, -0.1) is 0 Å². The fraction of sp³-hybridized carbons (Fsp3) is 0.500. The van der Waals surface area contributed by atoms with E-state index in [2.05, 4.69) is 0 Å². The molecule has 1 saturated heterocycles. The van der Waals surface area contributed by atoms with Crippen LogP contribution in [0.15, 0.2) is 18.2 Å². The van der Waals surface area contributed by atoms with Crippen LogP contribution in [0.2, 0.25) is 10.0 Å². The van der Waals surface area contributed by atoms with E-state index in [4.69, 9.17) is 28.9 Å². The molecule has 1 aliphatic heterocycles. The molecule has 1 atom stereocenters. The number of benzene rings is 1. The smallest absolute Gasteiger partial charge is 0.236 e. The van der Waals surface area contributed by atoms with E-state index in [9.17, 15) is 9.90 Å². The first kappa shape index (κ1) is 16.4. The summed E-state index contributed by atoms with van der Waals surface area (Å²) in [5, 5.41) is 11.7. The summed E-state index contributed by atoms with van der Waals surface area (Å²) in [7, 11) is 0. The lowest BCUT2D eigenvalue weighted by Gasteiger charge is -2.41. The fourth-order valence-electron chi connectivity index (χ4n) is 2.58. The van der Waals surface area contributed by atoms with Crippen molar-refractivity contribution < 1.29 is 9.90 Å². The van der Waals surface area contributed by atoms with Gasteiger partial charge in [-0.1, -0.05) is 23.2 Å². The lowest BCUT2D eigenvalue weighted by molar-refractivity contribution is -0.123. The molecule has 1 amide bonds. The van der Waals surface area contributed by atoms with Gasteiger partial charge in [0.1, 0.15) is 6.04 Å². The Hall–Kier alpha value is -1.01. The van der Waals surface area contributed by atoms with Gasteiger partial charge >= 0.3 is 0 Å². The van der Waals surface area contributed by atoms with Crippen molar-refractivity contribution in [1.82, 2.24) is 4.90 Å². The molecule has 2 rings (SSSR count). The molecule has 1 radical (unpaired) electrons. The Morgan fingerprint density at radius 1 is 1.24 bits per heavy atom. The normalized spacial score (nSPS) is 19.8. The van der Waals surface area contributed by atoms with E-state index < -0.39 is 6.04 Å². The van der Waals surface area contributed by atoms with Gasteiger partial charge in [0, 0.05) is 41.9 Å². The maximum Gasteiger partial charge on any atom is 0.236 e. The third-order valence-corrected chi connectivity index (χ3v) is 4.06. The second kappa shape index (κ2) is 7.31. The molecule has 0 bridgehead atoms. The topological polar surface area (TPSA) is 69.5 Å². The van der Waals surface area contributed by atoms with Crippen molar-refractivity contribution in [1.29, 1.82) is 0 Å². The zero-order valence-electron chi connectivity index (χ0n) is 11.6.